The first-order valence-corrected chi connectivity index (χ1v) is 11.9. The number of carbonyl (C=O) groups is 1. The summed E-state index contributed by atoms with van der Waals surface area (Å²) in [6.45, 7) is 3.56. The number of para-hydroxylation sites is 1. The van der Waals surface area contributed by atoms with E-state index in [2.05, 4.69) is 5.32 Å². The zero-order valence-electron chi connectivity index (χ0n) is 18.1. The second-order valence-corrected chi connectivity index (χ2v) is 9.80. The molecule has 0 saturated carbocycles. The number of rotatable bonds is 9. The maximum Gasteiger partial charge on any atom is 0.264 e. The van der Waals surface area contributed by atoms with Crippen LogP contribution in [0.5, 0.6) is 0 Å². The minimum absolute atomic E-state index is 0.0159. The molecule has 5 nitrogen and oxygen atoms in total. The largest absolute Gasteiger partial charge is 0.348 e. The van der Waals surface area contributed by atoms with Gasteiger partial charge in [0.2, 0.25) is 5.91 Å². The van der Waals surface area contributed by atoms with Crippen molar-refractivity contribution in [3.8, 4) is 0 Å². The van der Waals surface area contributed by atoms with Gasteiger partial charge in [-0.1, -0.05) is 74.5 Å². The lowest BCUT2D eigenvalue weighted by atomic mass is 9.97. The van der Waals surface area contributed by atoms with Crippen LogP contribution in [-0.2, 0) is 14.8 Å². The van der Waals surface area contributed by atoms with Crippen LogP contribution < -0.4 is 9.62 Å². The number of halogens is 1. The smallest absolute Gasteiger partial charge is 0.264 e. The van der Waals surface area contributed by atoms with Crippen LogP contribution in [0.2, 0.25) is 0 Å². The lowest BCUT2D eigenvalue weighted by Crippen LogP contribution is -2.42. The minimum atomic E-state index is -4.16. The van der Waals surface area contributed by atoms with Gasteiger partial charge in [0.05, 0.1) is 16.6 Å². The third-order valence-corrected chi connectivity index (χ3v) is 6.76. The number of sulfonamides is 1. The van der Waals surface area contributed by atoms with Gasteiger partial charge in [0, 0.05) is 0 Å². The zero-order valence-corrected chi connectivity index (χ0v) is 18.9. The SMILES string of the molecule is CC(C)C[C@H](NC(=O)CN(c1ccccc1F)S(=O)(=O)c1ccccc1)c1ccccc1. The molecule has 3 aromatic rings. The van der Waals surface area contributed by atoms with Gasteiger partial charge in [-0.25, -0.2) is 12.8 Å². The number of anilines is 1. The van der Waals surface area contributed by atoms with Crippen LogP contribution in [0, 0.1) is 11.7 Å². The molecule has 0 spiro atoms. The molecular weight excluding hydrogens is 427 g/mol. The molecule has 0 radical (unpaired) electrons. The van der Waals surface area contributed by atoms with Crippen LogP contribution >= 0.6 is 0 Å². The fourth-order valence-electron chi connectivity index (χ4n) is 3.48. The molecule has 7 heteroatoms. The van der Waals surface area contributed by atoms with Crippen molar-refractivity contribution in [1.82, 2.24) is 5.32 Å². The first kappa shape index (κ1) is 23.5. The van der Waals surface area contributed by atoms with Gasteiger partial charge in [-0.3, -0.25) is 9.10 Å². The predicted octanol–water partition coefficient (Wildman–Crippen LogP) is 4.92. The topological polar surface area (TPSA) is 66.5 Å². The van der Waals surface area contributed by atoms with Gasteiger partial charge in [0.15, 0.2) is 0 Å². The zero-order chi connectivity index (χ0) is 23.1. The molecule has 0 unspecified atom stereocenters. The second-order valence-electron chi connectivity index (χ2n) is 7.94. The summed E-state index contributed by atoms with van der Waals surface area (Å²) in [5.74, 6) is -0.930. The summed E-state index contributed by atoms with van der Waals surface area (Å²) in [6, 6.07) is 22.5. The fraction of sp³-hybridized carbons (Fsp3) is 0.240. The van der Waals surface area contributed by atoms with Crippen LogP contribution in [0.4, 0.5) is 10.1 Å². The molecule has 0 aliphatic carbocycles. The Bertz CT molecular complexity index is 1140. The Morgan fingerprint density at radius 1 is 0.906 bits per heavy atom. The molecule has 168 valence electrons. The second kappa shape index (κ2) is 10.4. The number of nitrogens with zero attached hydrogens (tertiary/aromatic N) is 1. The van der Waals surface area contributed by atoms with Gasteiger partial charge in [0.1, 0.15) is 12.4 Å². The quantitative estimate of drug-likeness (QED) is 0.499. The molecule has 3 aromatic carbocycles. The van der Waals surface area contributed by atoms with E-state index in [1.165, 1.54) is 36.4 Å². The Morgan fingerprint density at radius 2 is 1.47 bits per heavy atom. The van der Waals surface area contributed by atoms with E-state index in [1.54, 1.807) is 18.2 Å². The number of benzene rings is 3. The highest BCUT2D eigenvalue weighted by atomic mass is 32.2. The van der Waals surface area contributed by atoms with E-state index < -0.39 is 28.3 Å². The first-order valence-electron chi connectivity index (χ1n) is 10.5. The van der Waals surface area contributed by atoms with Crippen molar-refractivity contribution >= 4 is 21.6 Å². The van der Waals surface area contributed by atoms with E-state index >= 15 is 0 Å². The van der Waals surface area contributed by atoms with Crippen molar-refractivity contribution in [2.24, 2.45) is 5.92 Å². The standard InChI is InChI=1S/C25H27FN2O3S/c1-19(2)17-23(20-11-5-3-6-12-20)27-25(29)18-28(24-16-10-9-15-22(24)26)32(30,31)21-13-7-4-8-14-21/h3-16,19,23H,17-18H2,1-2H3,(H,27,29)/t23-/m0/s1. The highest BCUT2D eigenvalue weighted by Gasteiger charge is 2.29. The lowest BCUT2D eigenvalue weighted by molar-refractivity contribution is -0.120. The molecule has 0 fully saturated rings. The molecular formula is C25H27FN2O3S. The highest BCUT2D eigenvalue weighted by Crippen LogP contribution is 2.27. The maximum absolute atomic E-state index is 14.6. The van der Waals surface area contributed by atoms with E-state index in [1.807, 2.05) is 44.2 Å². The van der Waals surface area contributed by atoms with Crippen molar-refractivity contribution in [2.75, 3.05) is 10.8 Å². The van der Waals surface area contributed by atoms with Crippen LogP contribution in [-0.4, -0.2) is 20.9 Å². The van der Waals surface area contributed by atoms with Gasteiger partial charge in [-0.2, -0.15) is 0 Å². The molecule has 0 aliphatic rings. The number of carbonyl (C=O) groups excluding carboxylic acids is 1. The Kier molecular flexibility index (Phi) is 7.64. The van der Waals surface area contributed by atoms with Crippen LogP contribution in [0.15, 0.2) is 89.8 Å². The van der Waals surface area contributed by atoms with Crippen LogP contribution in [0.3, 0.4) is 0 Å². The van der Waals surface area contributed by atoms with Crippen molar-refractivity contribution in [3.63, 3.8) is 0 Å². The molecule has 3 rings (SSSR count). The number of nitrogens with one attached hydrogen (secondary N) is 1. The Hall–Kier alpha value is -3.19. The summed E-state index contributed by atoms with van der Waals surface area (Å²) in [4.78, 5) is 13.0. The van der Waals surface area contributed by atoms with E-state index in [9.17, 15) is 17.6 Å². The first-order chi connectivity index (χ1) is 15.3. The highest BCUT2D eigenvalue weighted by molar-refractivity contribution is 7.92. The van der Waals surface area contributed by atoms with Gasteiger partial charge >= 0.3 is 0 Å². The van der Waals surface area contributed by atoms with Gasteiger partial charge < -0.3 is 5.32 Å². The Balaban J connectivity index is 1.92. The molecule has 1 amide bonds. The molecule has 32 heavy (non-hydrogen) atoms. The van der Waals surface area contributed by atoms with Crippen molar-refractivity contribution in [2.45, 2.75) is 31.2 Å². The number of amides is 1. The number of hydrogen-bond donors (Lipinski definition) is 1. The molecule has 0 aromatic heterocycles. The average molecular weight is 455 g/mol. The average Bonchev–Trinajstić information content (AvgIpc) is 2.78. The number of hydrogen-bond acceptors (Lipinski definition) is 3. The van der Waals surface area contributed by atoms with Crippen LogP contribution in [0.25, 0.3) is 0 Å². The van der Waals surface area contributed by atoms with Crippen molar-refractivity contribution in [1.29, 1.82) is 0 Å². The molecule has 1 N–H and O–H groups in total. The summed E-state index contributed by atoms with van der Waals surface area (Å²) in [7, 11) is -4.16. The monoisotopic (exact) mass is 454 g/mol. The summed E-state index contributed by atoms with van der Waals surface area (Å²) in [5, 5.41) is 2.94. The summed E-state index contributed by atoms with van der Waals surface area (Å²) in [5.41, 5.74) is 0.754. The van der Waals surface area contributed by atoms with E-state index in [-0.39, 0.29) is 16.6 Å². The van der Waals surface area contributed by atoms with Crippen LogP contribution in [0.1, 0.15) is 31.9 Å². The van der Waals surface area contributed by atoms with E-state index in [4.69, 9.17) is 0 Å². The third-order valence-electron chi connectivity index (χ3n) is 4.98. The predicted molar refractivity (Wildman–Crippen MR) is 124 cm³/mol. The van der Waals surface area contributed by atoms with Gasteiger partial charge in [-0.15, -0.1) is 0 Å². The Morgan fingerprint density at radius 3 is 2.06 bits per heavy atom. The van der Waals surface area contributed by atoms with E-state index in [0.717, 1.165) is 9.87 Å². The van der Waals surface area contributed by atoms with Crippen molar-refractivity contribution in [3.05, 3.63) is 96.3 Å². The summed E-state index contributed by atoms with van der Waals surface area (Å²) < 4.78 is 42.1. The molecule has 1 atom stereocenters. The lowest BCUT2D eigenvalue weighted by Gasteiger charge is -2.26. The normalized spacial score (nSPS) is 12.4. The summed E-state index contributed by atoms with van der Waals surface area (Å²) >= 11 is 0. The molecule has 0 saturated heterocycles. The van der Waals surface area contributed by atoms with E-state index in [0.29, 0.717) is 12.3 Å². The van der Waals surface area contributed by atoms with Crippen molar-refractivity contribution < 1.29 is 17.6 Å². The fourth-order valence-corrected chi connectivity index (χ4v) is 4.93. The maximum atomic E-state index is 14.6. The summed E-state index contributed by atoms with van der Waals surface area (Å²) in [6.07, 6.45) is 0.681. The molecule has 0 heterocycles. The minimum Gasteiger partial charge on any atom is -0.348 e. The molecule has 0 aliphatic heterocycles. The third kappa shape index (κ3) is 5.73. The van der Waals surface area contributed by atoms with Gasteiger partial charge in [0.25, 0.3) is 10.0 Å². The Labute approximate surface area is 188 Å². The molecule has 0 bridgehead atoms. The van der Waals surface area contributed by atoms with Gasteiger partial charge in [-0.05, 0) is 42.2 Å².